The van der Waals surface area contributed by atoms with Gasteiger partial charge in [-0.05, 0) is 19.9 Å². The van der Waals surface area contributed by atoms with Crippen LogP contribution in [-0.2, 0) is 0 Å². The molecular weight excluding hydrogens is 200 g/mol. The summed E-state index contributed by atoms with van der Waals surface area (Å²) >= 11 is 0. The van der Waals surface area contributed by atoms with Crippen molar-refractivity contribution in [2.24, 2.45) is 5.92 Å². The number of hydrogen-bond acceptors (Lipinski definition) is 3. The Morgan fingerprint density at radius 3 is 2.25 bits per heavy atom. The Bertz CT molecular complexity index is 185. The Hall–Kier alpha value is -0.120. The van der Waals surface area contributed by atoms with Gasteiger partial charge in [0.1, 0.15) is 0 Å². The maximum absolute atomic E-state index is 9.49. The lowest BCUT2D eigenvalue weighted by molar-refractivity contribution is 0.118. The van der Waals surface area contributed by atoms with Crippen LogP contribution in [0.1, 0.15) is 41.0 Å². The molecule has 3 heteroatoms. The number of hydrogen-bond donors (Lipinski definition) is 2. The highest BCUT2D eigenvalue weighted by Gasteiger charge is 2.25. The normalized spacial score (nSPS) is 17.8. The summed E-state index contributed by atoms with van der Waals surface area (Å²) in [4.78, 5) is 2.31. The summed E-state index contributed by atoms with van der Waals surface area (Å²) in [5, 5.41) is 12.9. The van der Waals surface area contributed by atoms with E-state index in [4.69, 9.17) is 0 Å². The molecule has 16 heavy (non-hydrogen) atoms. The molecule has 0 aromatic rings. The van der Waals surface area contributed by atoms with E-state index in [0.717, 1.165) is 13.1 Å². The molecule has 0 heterocycles. The van der Waals surface area contributed by atoms with E-state index < -0.39 is 0 Å². The second kappa shape index (κ2) is 7.25. The fraction of sp³-hybridized carbons (Fsp3) is 1.00. The molecule has 0 spiro atoms. The minimum Gasteiger partial charge on any atom is -0.394 e. The molecule has 0 saturated carbocycles. The average Bonchev–Trinajstić information content (AvgIpc) is 2.15. The van der Waals surface area contributed by atoms with Gasteiger partial charge in [0.05, 0.1) is 12.1 Å². The summed E-state index contributed by atoms with van der Waals surface area (Å²) in [5.74, 6) is 0.715. The Labute approximate surface area is 101 Å². The van der Waals surface area contributed by atoms with Crippen LogP contribution in [0.2, 0.25) is 0 Å². The third-order valence-corrected chi connectivity index (χ3v) is 2.93. The topological polar surface area (TPSA) is 35.5 Å². The monoisotopic (exact) mass is 230 g/mol. The molecule has 0 bridgehead atoms. The summed E-state index contributed by atoms with van der Waals surface area (Å²) in [5.41, 5.74) is -0.198. The number of nitrogens with zero attached hydrogens (tertiary/aromatic N) is 1. The van der Waals surface area contributed by atoms with E-state index in [2.05, 4.69) is 51.9 Å². The number of aliphatic hydroxyl groups is 1. The number of nitrogens with one attached hydrogen (secondary N) is 1. The van der Waals surface area contributed by atoms with E-state index >= 15 is 0 Å². The van der Waals surface area contributed by atoms with E-state index in [9.17, 15) is 5.11 Å². The highest BCUT2D eigenvalue weighted by atomic mass is 16.3. The quantitative estimate of drug-likeness (QED) is 0.666. The van der Waals surface area contributed by atoms with Crippen LogP contribution < -0.4 is 5.32 Å². The van der Waals surface area contributed by atoms with Crippen molar-refractivity contribution in [2.75, 3.05) is 26.7 Å². The van der Waals surface area contributed by atoms with E-state index in [-0.39, 0.29) is 12.1 Å². The second-order valence-corrected chi connectivity index (χ2v) is 5.73. The van der Waals surface area contributed by atoms with Crippen LogP contribution in [0.15, 0.2) is 0 Å². The predicted molar refractivity (Wildman–Crippen MR) is 70.7 cm³/mol. The molecule has 0 radical (unpaired) electrons. The molecule has 0 rings (SSSR count). The lowest BCUT2D eigenvalue weighted by Gasteiger charge is -2.35. The molecule has 3 nitrogen and oxygen atoms in total. The molecule has 2 N–H and O–H groups in total. The van der Waals surface area contributed by atoms with Crippen molar-refractivity contribution in [1.82, 2.24) is 10.2 Å². The molecule has 0 aromatic heterocycles. The summed E-state index contributed by atoms with van der Waals surface area (Å²) in [7, 11) is 2.13. The minimum atomic E-state index is -0.198. The molecule has 0 aliphatic carbocycles. The summed E-state index contributed by atoms with van der Waals surface area (Å²) < 4.78 is 0. The second-order valence-electron chi connectivity index (χ2n) is 5.73. The molecule has 0 aliphatic heterocycles. The standard InChI is InChI=1S/C13H30N2O/c1-7-12(4)8-15(6)9-13(5,10-16)14-11(2)3/h11-12,14,16H,7-10H2,1-6H3. The molecule has 0 amide bonds. The third kappa shape index (κ3) is 6.46. The first-order valence-corrected chi connectivity index (χ1v) is 6.40. The first-order chi connectivity index (χ1) is 7.33. The van der Waals surface area contributed by atoms with E-state index in [0.29, 0.717) is 12.0 Å². The van der Waals surface area contributed by atoms with Crippen molar-refractivity contribution >= 4 is 0 Å². The molecular formula is C13H30N2O. The zero-order valence-corrected chi connectivity index (χ0v) is 11.9. The van der Waals surface area contributed by atoms with Crippen LogP contribution in [0, 0.1) is 5.92 Å². The fourth-order valence-corrected chi connectivity index (χ4v) is 2.16. The average molecular weight is 230 g/mol. The molecule has 0 saturated heterocycles. The van der Waals surface area contributed by atoms with E-state index in [1.54, 1.807) is 0 Å². The molecule has 2 atom stereocenters. The van der Waals surface area contributed by atoms with Gasteiger partial charge < -0.3 is 15.3 Å². The highest BCUT2D eigenvalue weighted by molar-refractivity contribution is 4.87. The van der Waals surface area contributed by atoms with Crippen LogP contribution in [0.25, 0.3) is 0 Å². The molecule has 2 unspecified atom stereocenters. The molecule has 0 fully saturated rings. The first kappa shape index (κ1) is 15.9. The molecule has 98 valence electrons. The minimum absolute atomic E-state index is 0.177. The van der Waals surface area contributed by atoms with Gasteiger partial charge in [-0.15, -0.1) is 0 Å². The van der Waals surface area contributed by atoms with Gasteiger partial charge in [0.15, 0.2) is 0 Å². The van der Waals surface area contributed by atoms with Crippen molar-refractivity contribution in [3.8, 4) is 0 Å². The maximum atomic E-state index is 9.49. The van der Waals surface area contributed by atoms with Gasteiger partial charge in [-0.3, -0.25) is 0 Å². The van der Waals surface area contributed by atoms with E-state index in [1.807, 2.05) is 0 Å². The van der Waals surface area contributed by atoms with Crippen LogP contribution in [0.3, 0.4) is 0 Å². The van der Waals surface area contributed by atoms with Crippen LogP contribution in [0.5, 0.6) is 0 Å². The number of likely N-dealkylation sites (N-methyl/N-ethyl adjacent to an activating group) is 1. The van der Waals surface area contributed by atoms with Gasteiger partial charge in [-0.2, -0.15) is 0 Å². The Morgan fingerprint density at radius 1 is 1.31 bits per heavy atom. The smallest absolute Gasteiger partial charge is 0.0623 e. The summed E-state index contributed by atoms with van der Waals surface area (Å²) in [6, 6.07) is 0.397. The zero-order chi connectivity index (χ0) is 12.8. The van der Waals surface area contributed by atoms with Crippen molar-refractivity contribution in [1.29, 1.82) is 0 Å². The van der Waals surface area contributed by atoms with Crippen LogP contribution >= 0.6 is 0 Å². The lowest BCUT2D eigenvalue weighted by Crippen LogP contribution is -2.56. The fourth-order valence-electron chi connectivity index (χ4n) is 2.16. The highest BCUT2D eigenvalue weighted by Crippen LogP contribution is 2.09. The SMILES string of the molecule is CCC(C)CN(C)CC(C)(CO)NC(C)C. The number of rotatable bonds is 8. The molecule has 0 aliphatic rings. The van der Waals surface area contributed by atoms with Gasteiger partial charge in [0, 0.05) is 19.1 Å². The summed E-state index contributed by atoms with van der Waals surface area (Å²) in [6.07, 6.45) is 1.21. The largest absolute Gasteiger partial charge is 0.394 e. The van der Waals surface area contributed by atoms with Gasteiger partial charge in [0.2, 0.25) is 0 Å². The molecule has 0 aromatic carbocycles. The Balaban J connectivity index is 4.19. The zero-order valence-electron chi connectivity index (χ0n) is 11.9. The van der Waals surface area contributed by atoms with Crippen molar-refractivity contribution in [3.05, 3.63) is 0 Å². The summed E-state index contributed by atoms with van der Waals surface area (Å²) in [6.45, 7) is 12.9. The van der Waals surface area contributed by atoms with Gasteiger partial charge in [-0.1, -0.05) is 34.1 Å². The first-order valence-electron chi connectivity index (χ1n) is 6.40. The Kier molecular flexibility index (Phi) is 7.20. The van der Waals surface area contributed by atoms with Crippen LogP contribution in [-0.4, -0.2) is 48.3 Å². The van der Waals surface area contributed by atoms with Gasteiger partial charge in [0.25, 0.3) is 0 Å². The van der Waals surface area contributed by atoms with Gasteiger partial charge in [-0.25, -0.2) is 0 Å². The van der Waals surface area contributed by atoms with E-state index in [1.165, 1.54) is 6.42 Å². The van der Waals surface area contributed by atoms with Crippen LogP contribution in [0.4, 0.5) is 0 Å². The van der Waals surface area contributed by atoms with Crippen molar-refractivity contribution in [3.63, 3.8) is 0 Å². The van der Waals surface area contributed by atoms with Crippen molar-refractivity contribution < 1.29 is 5.11 Å². The van der Waals surface area contributed by atoms with Gasteiger partial charge >= 0.3 is 0 Å². The third-order valence-electron chi connectivity index (χ3n) is 2.93. The lowest BCUT2D eigenvalue weighted by atomic mass is 10.0. The predicted octanol–water partition coefficient (Wildman–Crippen LogP) is 1.71. The number of aliphatic hydroxyl groups excluding tert-OH is 1. The maximum Gasteiger partial charge on any atom is 0.0623 e. The Morgan fingerprint density at radius 2 is 1.88 bits per heavy atom. The van der Waals surface area contributed by atoms with Crippen molar-refractivity contribution in [2.45, 2.75) is 52.6 Å².